The number of nitrogens with one attached hydrogen (secondary N) is 1. The molecule has 0 spiro atoms. The summed E-state index contributed by atoms with van der Waals surface area (Å²) >= 11 is 5.53. The predicted octanol–water partition coefficient (Wildman–Crippen LogP) is -0.633. The topological polar surface area (TPSA) is 85.6 Å². The lowest BCUT2D eigenvalue weighted by Gasteiger charge is -2.03. The number of rotatable bonds is 2. The van der Waals surface area contributed by atoms with E-state index in [9.17, 15) is 9.59 Å². The molecule has 16 heavy (non-hydrogen) atoms. The van der Waals surface area contributed by atoms with Gasteiger partial charge in [-0.1, -0.05) is 11.6 Å². The van der Waals surface area contributed by atoms with Gasteiger partial charge in [-0.25, -0.2) is 4.79 Å². The van der Waals surface area contributed by atoms with Crippen LogP contribution in [-0.2, 0) is 13.6 Å². The Balaban J connectivity index is 2.47. The van der Waals surface area contributed by atoms with Crippen molar-refractivity contribution in [1.82, 2.24) is 24.3 Å². The van der Waals surface area contributed by atoms with Crippen LogP contribution in [0.5, 0.6) is 0 Å². The molecule has 2 rings (SSSR count). The first-order valence-corrected chi connectivity index (χ1v) is 4.78. The molecule has 7 nitrogen and oxygen atoms in total. The average Bonchev–Trinajstić information content (AvgIpc) is 2.57. The second-order valence-corrected chi connectivity index (χ2v) is 3.61. The molecule has 0 radical (unpaired) electrons. The lowest BCUT2D eigenvalue weighted by molar-refractivity contribution is 0.641. The summed E-state index contributed by atoms with van der Waals surface area (Å²) in [6.45, 7) is 0.0574. The first kappa shape index (κ1) is 10.6. The van der Waals surface area contributed by atoms with Gasteiger partial charge in [0.1, 0.15) is 11.5 Å². The van der Waals surface area contributed by atoms with E-state index in [1.807, 2.05) is 0 Å². The first-order chi connectivity index (χ1) is 7.58. The molecule has 0 bridgehead atoms. The molecule has 0 saturated carbocycles. The lowest BCUT2D eigenvalue weighted by Crippen LogP contribution is -2.35. The third-order valence-electron chi connectivity index (χ3n) is 2.09. The van der Waals surface area contributed by atoms with Crippen LogP contribution < -0.4 is 11.2 Å². The number of aromatic nitrogens is 5. The number of aryl methyl sites for hydroxylation is 1. The maximum absolute atomic E-state index is 11.5. The third kappa shape index (κ3) is 1.89. The van der Waals surface area contributed by atoms with Crippen molar-refractivity contribution >= 4 is 11.6 Å². The Morgan fingerprint density at radius 1 is 1.50 bits per heavy atom. The summed E-state index contributed by atoms with van der Waals surface area (Å²) in [5, 5.41) is 7.46. The van der Waals surface area contributed by atoms with Crippen molar-refractivity contribution in [2.75, 3.05) is 0 Å². The molecule has 2 aromatic heterocycles. The van der Waals surface area contributed by atoms with E-state index in [2.05, 4.69) is 15.2 Å². The summed E-state index contributed by atoms with van der Waals surface area (Å²) in [6.07, 6.45) is 1.49. The van der Waals surface area contributed by atoms with Crippen LogP contribution in [0.3, 0.4) is 0 Å². The van der Waals surface area contributed by atoms with Crippen molar-refractivity contribution in [3.05, 3.63) is 44.2 Å². The molecular formula is C8H8ClN5O2. The second kappa shape index (κ2) is 3.93. The minimum Gasteiger partial charge on any atom is -0.319 e. The zero-order chi connectivity index (χ0) is 11.7. The highest BCUT2D eigenvalue weighted by atomic mass is 35.5. The molecule has 84 valence electrons. The monoisotopic (exact) mass is 241 g/mol. The van der Waals surface area contributed by atoms with Crippen LogP contribution in [0.15, 0.2) is 22.0 Å². The van der Waals surface area contributed by atoms with Crippen molar-refractivity contribution in [3.63, 3.8) is 0 Å². The highest BCUT2D eigenvalue weighted by Crippen LogP contribution is 1.96. The first-order valence-electron chi connectivity index (χ1n) is 4.40. The normalized spacial score (nSPS) is 10.6. The Kier molecular flexibility index (Phi) is 2.61. The number of hydrogen-bond donors (Lipinski definition) is 1. The Morgan fingerprint density at radius 3 is 2.81 bits per heavy atom. The Hall–Kier alpha value is -1.89. The summed E-state index contributed by atoms with van der Waals surface area (Å²) in [5.41, 5.74) is -1.04. The molecule has 0 unspecified atom stereocenters. The molecule has 1 N–H and O–H groups in total. The molecule has 0 aliphatic rings. The number of nitrogens with zero attached hydrogens (tertiary/aromatic N) is 4. The van der Waals surface area contributed by atoms with E-state index in [0.29, 0.717) is 5.82 Å². The maximum atomic E-state index is 11.5. The molecule has 2 aromatic rings. The summed E-state index contributed by atoms with van der Waals surface area (Å²) in [7, 11) is 1.73. The SMILES string of the molecule is Cn1cnnc1Cn1c(=O)cc(Cl)[nH]c1=O. The number of hydrogen-bond acceptors (Lipinski definition) is 4. The minimum absolute atomic E-state index is 0.0178. The smallest absolute Gasteiger partial charge is 0.319 e. The molecule has 0 saturated heterocycles. The Labute approximate surface area is 94.3 Å². The number of aromatic amines is 1. The zero-order valence-electron chi connectivity index (χ0n) is 8.35. The van der Waals surface area contributed by atoms with E-state index in [0.717, 1.165) is 10.6 Å². The molecule has 0 fully saturated rings. The predicted molar refractivity (Wildman–Crippen MR) is 56.4 cm³/mol. The second-order valence-electron chi connectivity index (χ2n) is 3.20. The molecule has 2 heterocycles. The van der Waals surface area contributed by atoms with Crippen LogP contribution in [0.25, 0.3) is 0 Å². The van der Waals surface area contributed by atoms with Gasteiger partial charge in [-0.2, -0.15) is 0 Å². The lowest BCUT2D eigenvalue weighted by atomic mass is 10.5. The van der Waals surface area contributed by atoms with Gasteiger partial charge in [0.15, 0.2) is 5.82 Å². The molecule has 0 atom stereocenters. The van der Waals surface area contributed by atoms with Gasteiger partial charge in [0.25, 0.3) is 5.56 Å². The van der Waals surface area contributed by atoms with Gasteiger partial charge < -0.3 is 4.57 Å². The van der Waals surface area contributed by atoms with Gasteiger partial charge in [-0.05, 0) is 0 Å². The molecule has 0 aliphatic carbocycles. The standard InChI is InChI=1S/C8H8ClN5O2/c1-13-4-10-12-6(13)3-14-7(15)2-5(9)11-8(14)16/h2,4H,3H2,1H3,(H,11,16). The number of halogens is 1. The fourth-order valence-corrected chi connectivity index (χ4v) is 1.41. The van der Waals surface area contributed by atoms with Crippen LogP contribution >= 0.6 is 11.6 Å². The van der Waals surface area contributed by atoms with Crippen molar-refractivity contribution in [1.29, 1.82) is 0 Å². The number of H-pyrrole nitrogens is 1. The quantitative estimate of drug-likeness (QED) is 0.709. The summed E-state index contributed by atoms with van der Waals surface area (Å²) in [6, 6.07) is 1.14. The van der Waals surface area contributed by atoms with Crippen LogP contribution in [0.1, 0.15) is 5.82 Å². The highest BCUT2D eigenvalue weighted by Gasteiger charge is 2.07. The van der Waals surface area contributed by atoms with Crippen LogP contribution in [0.2, 0.25) is 5.15 Å². The molecular weight excluding hydrogens is 234 g/mol. The van der Waals surface area contributed by atoms with E-state index in [1.165, 1.54) is 6.33 Å². The van der Waals surface area contributed by atoms with Crippen molar-refractivity contribution < 1.29 is 0 Å². The molecule has 0 amide bonds. The van der Waals surface area contributed by atoms with Gasteiger partial charge in [0.2, 0.25) is 0 Å². The van der Waals surface area contributed by atoms with E-state index >= 15 is 0 Å². The van der Waals surface area contributed by atoms with E-state index in [4.69, 9.17) is 11.6 Å². The molecule has 0 aromatic carbocycles. The summed E-state index contributed by atoms with van der Waals surface area (Å²) < 4.78 is 2.62. The van der Waals surface area contributed by atoms with Gasteiger partial charge in [-0.3, -0.25) is 14.3 Å². The van der Waals surface area contributed by atoms with E-state index in [-0.39, 0.29) is 11.7 Å². The Bertz CT molecular complexity index is 595. The third-order valence-corrected chi connectivity index (χ3v) is 2.30. The average molecular weight is 242 g/mol. The maximum Gasteiger partial charge on any atom is 0.329 e. The van der Waals surface area contributed by atoms with Gasteiger partial charge >= 0.3 is 5.69 Å². The van der Waals surface area contributed by atoms with E-state index < -0.39 is 11.2 Å². The minimum atomic E-state index is -0.569. The molecule has 0 aliphatic heterocycles. The zero-order valence-corrected chi connectivity index (χ0v) is 9.10. The van der Waals surface area contributed by atoms with Crippen molar-refractivity contribution in [2.24, 2.45) is 7.05 Å². The fourth-order valence-electron chi connectivity index (χ4n) is 1.23. The van der Waals surface area contributed by atoms with Crippen molar-refractivity contribution in [2.45, 2.75) is 6.54 Å². The fraction of sp³-hybridized carbons (Fsp3) is 0.250. The Morgan fingerprint density at radius 2 is 2.25 bits per heavy atom. The highest BCUT2D eigenvalue weighted by molar-refractivity contribution is 6.29. The van der Waals surface area contributed by atoms with Crippen LogP contribution in [0, 0.1) is 0 Å². The van der Waals surface area contributed by atoms with Gasteiger partial charge in [0.05, 0.1) is 6.54 Å². The van der Waals surface area contributed by atoms with Crippen LogP contribution in [-0.4, -0.2) is 24.3 Å². The van der Waals surface area contributed by atoms with Gasteiger partial charge in [-0.15, -0.1) is 10.2 Å². The van der Waals surface area contributed by atoms with Crippen molar-refractivity contribution in [3.8, 4) is 0 Å². The van der Waals surface area contributed by atoms with Gasteiger partial charge in [0, 0.05) is 13.1 Å². The summed E-state index contributed by atoms with van der Waals surface area (Å²) in [5.74, 6) is 0.509. The molecule has 8 heteroatoms. The summed E-state index contributed by atoms with van der Waals surface area (Å²) in [4.78, 5) is 25.3. The van der Waals surface area contributed by atoms with Crippen LogP contribution in [0.4, 0.5) is 0 Å². The van der Waals surface area contributed by atoms with E-state index in [1.54, 1.807) is 11.6 Å². The largest absolute Gasteiger partial charge is 0.329 e.